The molecule has 2 N–H and O–H groups in total. The Labute approximate surface area is 112 Å². The lowest BCUT2D eigenvalue weighted by molar-refractivity contribution is -0.381. The molecule has 0 aliphatic carbocycles. The van der Waals surface area contributed by atoms with E-state index in [9.17, 15) is 9.67 Å². The fourth-order valence-corrected chi connectivity index (χ4v) is 3.14. The zero-order chi connectivity index (χ0) is 13.9. The highest BCUT2D eigenvalue weighted by molar-refractivity contribution is 7.57. The van der Waals surface area contributed by atoms with Crippen LogP contribution in [-0.4, -0.2) is 30.1 Å². The van der Waals surface area contributed by atoms with E-state index in [1.165, 1.54) is 0 Å². The van der Waals surface area contributed by atoms with Crippen LogP contribution in [0.5, 0.6) is 5.75 Å². The third-order valence-electron chi connectivity index (χ3n) is 2.64. The molecule has 1 aliphatic heterocycles. The van der Waals surface area contributed by atoms with Crippen LogP contribution < -0.4 is 9.61 Å². The number of rotatable bonds is 6. The van der Waals surface area contributed by atoms with Crippen LogP contribution in [-0.2, 0) is 14.0 Å². The first-order valence-electron chi connectivity index (χ1n) is 6.06. The molecule has 1 aromatic carbocycles. The summed E-state index contributed by atoms with van der Waals surface area (Å²) >= 11 is 0. The second-order valence-electron chi connectivity index (χ2n) is 4.35. The Morgan fingerprint density at radius 3 is 2.58 bits per heavy atom. The van der Waals surface area contributed by atoms with Crippen LogP contribution in [0.3, 0.4) is 0 Å². The van der Waals surface area contributed by atoms with Gasteiger partial charge in [0.15, 0.2) is 12.6 Å². The fourth-order valence-electron chi connectivity index (χ4n) is 1.74. The van der Waals surface area contributed by atoms with Gasteiger partial charge in [0.1, 0.15) is 12.1 Å². The van der Waals surface area contributed by atoms with E-state index in [0.717, 1.165) is 0 Å². The maximum atomic E-state index is 12.4. The summed E-state index contributed by atoms with van der Waals surface area (Å²) < 4.78 is 28.3. The molecule has 0 spiro atoms. The molecule has 1 saturated heterocycles. The first kappa shape index (κ1) is 14.5. The number of ether oxygens (including phenoxy) is 2. The molecule has 7 heteroatoms. The van der Waals surface area contributed by atoms with Crippen molar-refractivity contribution in [1.29, 1.82) is 0 Å². The van der Waals surface area contributed by atoms with E-state index in [0.29, 0.717) is 5.75 Å². The van der Waals surface area contributed by atoms with Gasteiger partial charge in [0.05, 0.1) is 6.04 Å². The topological polar surface area (TPSA) is 77.0 Å². The Morgan fingerprint density at radius 1 is 1.42 bits per heavy atom. The zero-order valence-corrected chi connectivity index (χ0v) is 11.7. The Bertz CT molecular complexity index is 449. The van der Waals surface area contributed by atoms with Crippen molar-refractivity contribution in [3.05, 3.63) is 30.3 Å². The summed E-state index contributed by atoms with van der Waals surface area (Å²) in [5.41, 5.74) is 0. The molecule has 0 aromatic heterocycles. The summed E-state index contributed by atoms with van der Waals surface area (Å²) in [6.45, 7) is 3.53. The van der Waals surface area contributed by atoms with Gasteiger partial charge in [-0.1, -0.05) is 18.2 Å². The van der Waals surface area contributed by atoms with Gasteiger partial charge in [0.25, 0.3) is 0 Å². The van der Waals surface area contributed by atoms with E-state index < -0.39 is 20.2 Å². The first-order valence-corrected chi connectivity index (χ1v) is 7.87. The van der Waals surface area contributed by atoms with Crippen LogP contribution in [0.2, 0.25) is 0 Å². The molecule has 106 valence electrons. The minimum absolute atomic E-state index is 0.252. The summed E-state index contributed by atoms with van der Waals surface area (Å²) in [7, 11) is -3.39. The summed E-state index contributed by atoms with van der Waals surface area (Å²) in [6, 6.07) is 8.35. The van der Waals surface area contributed by atoms with Gasteiger partial charge in [-0.25, -0.2) is 5.09 Å². The Balaban J connectivity index is 1.96. The number of nitrogens with one attached hydrogen (secondary N) is 1. The van der Waals surface area contributed by atoms with Crippen LogP contribution in [0.1, 0.15) is 13.8 Å². The fraction of sp³-hybridized carbons (Fsp3) is 0.500. The molecule has 0 amide bonds. The highest BCUT2D eigenvalue weighted by Gasteiger charge is 2.36. The average Bonchev–Trinajstić information content (AvgIpc) is 2.36. The van der Waals surface area contributed by atoms with Crippen molar-refractivity contribution in [3.8, 4) is 5.75 Å². The Hall–Kier alpha value is -0.910. The second kappa shape index (κ2) is 6.03. The number of aliphatic hydroxyl groups excluding tert-OH is 1. The predicted molar refractivity (Wildman–Crippen MR) is 69.8 cm³/mol. The van der Waals surface area contributed by atoms with E-state index in [1.807, 2.05) is 6.07 Å². The van der Waals surface area contributed by atoms with Crippen molar-refractivity contribution in [2.45, 2.75) is 32.5 Å². The predicted octanol–water partition coefficient (Wildman–Crippen LogP) is 1.91. The van der Waals surface area contributed by atoms with Gasteiger partial charge in [-0.2, -0.15) is 0 Å². The summed E-state index contributed by atoms with van der Waals surface area (Å²) in [6.07, 6.45) is -1.33. The highest BCUT2D eigenvalue weighted by atomic mass is 31.2. The number of para-hydroxylation sites is 1. The van der Waals surface area contributed by atoms with Crippen molar-refractivity contribution >= 4 is 7.52 Å². The first-order chi connectivity index (χ1) is 9.02. The van der Waals surface area contributed by atoms with E-state index in [4.69, 9.17) is 14.0 Å². The molecule has 0 saturated carbocycles. The lowest BCUT2D eigenvalue weighted by atomic mass is 10.3. The second-order valence-corrected chi connectivity index (χ2v) is 6.42. The standard InChI is InChI=1S/C12H18NO5P/c1-9(12-16-10(2)17-12)13-19(15,8-14)18-11-6-4-3-5-7-11/h3-7,9-10,12,14H,8H2,1-2H3,(H,13,15). The summed E-state index contributed by atoms with van der Waals surface area (Å²) in [4.78, 5) is 0. The third kappa shape index (κ3) is 3.78. The van der Waals surface area contributed by atoms with Crippen molar-refractivity contribution in [2.75, 3.05) is 6.35 Å². The van der Waals surface area contributed by atoms with Gasteiger partial charge in [0, 0.05) is 0 Å². The SMILES string of the molecule is CC1OC(C(C)NP(=O)(CO)Oc2ccccc2)O1. The van der Waals surface area contributed by atoms with Crippen molar-refractivity contribution in [1.82, 2.24) is 5.09 Å². The number of hydrogen-bond acceptors (Lipinski definition) is 5. The van der Waals surface area contributed by atoms with Gasteiger partial charge >= 0.3 is 7.52 Å². The molecule has 1 aromatic rings. The van der Waals surface area contributed by atoms with Crippen LogP contribution in [0.25, 0.3) is 0 Å². The molecule has 1 heterocycles. The lowest BCUT2D eigenvalue weighted by Gasteiger charge is -2.38. The molecular weight excluding hydrogens is 269 g/mol. The Kier molecular flexibility index (Phi) is 4.60. The summed E-state index contributed by atoms with van der Waals surface area (Å²) in [5.74, 6) is 0.434. The zero-order valence-electron chi connectivity index (χ0n) is 10.9. The van der Waals surface area contributed by atoms with Crippen LogP contribution >= 0.6 is 7.52 Å². The minimum Gasteiger partial charge on any atom is -0.431 e. The van der Waals surface area contributed by atoms with E-state index >= 15 is 0 Å². The Morgan fingerprint density at radius 2 is 2.05 bits per heavy atom. The monoisotopic (exact) mass is 287 g/mol. The van der Waals surface area contributed by atoms with Crippen LogP contribution in [0, 0.1) is 0 Å². The maximum Gasteiger partial charge on any atom is 0.342 e. The molecule has 0 radical (unpaired) electrons. The highest BCUT2D eigenvalue weighted by Crippen LogP contribution is 2.43. The number of aliphatic hydroxyl groups is 1. The lowest BCUT2D eigenvalue weighted by Crippen LogP contribution is -2.50. The van der Waals surface area contributed by atoms with E-state index in [1.54, 1.807) is 38.1 Å². The molecule has 2 atom stereocenters. The van der Waals surface area contributed by atoms with Crippen LogP contribution in [0.4, 0.5) is 0 Å². The number of hydrogen-bond donors (Lipinski definition) is 2. The van der Waals surface area contributed by atoms with Crippen molar-refractivity contribution < 1.29 is 23.7 Å². The summed E-state index contributed by atoms with van der Waals surface area (Å²) in [5, 5.41) is 12.0. The van der Waals surface area contributed by atoms with Crippen LogP contribution in [0.15, 0.2) is 30.3 Å². The van der Waals surface area contributed by atoms with Crippen molar-refractivity contribution in [2.24, 2.45) is 0 Å². The molecule has 1 aliphatic rings. The van der Waals surface area contributed by atoms with Gasteiger partial charge in [-0.05, 0) is 26.0 Å². The molecular formula is C12H18NO5P. The molecule has 0 bridgehead atoms. The molecule has 2 unspecified atom stereocenters. The molecule has 1 fully saturated rings. The van der Waals surface area contributed by atoms with Gasteiger partial charge < -0.3 is 19.1 Å². The molecule has 19 heavy (non-hydrogen) atoms. The van der Waals surface area contributed by atoms with Crippen molar-refractivity contribution in [3.63, 3.8) is 0 Å². The van der Waals surface area contributed by atoms with Gasteiger partial charge in [-0.15, -0.1) is 0 Å². The normalized spacial score (nSPS) is 27.1. The van der Waals surface area contributed by atoms with Gasteiger partial charge in [-0.3, -0.25) is 4.57 Å². The average molecular weight is 287 g/mol. The van der Waals surface area contributed by atoms with Gasteiger partial charge in [0.2, 0.25) is 0 Å². The quantitative estimate of drug-likeness (QED) is 0.778. The maximum absolute atomic E-state index is 12.4. The molecule has 6 nitrogen and oxygen atoms in total. The smallest absolute Gasteiger partial charge is 0.342 e. The minimum atomic E-state index is -3.39. The van der Waals surface area contributed by atoms with E-state index in [-0.39, 0.29) is 12.3 Å². The van der Waals surface area contributed by atoms with E-state index in [2.05, 4.69) is 5.09 Å². The third-order valence-corrected chi connectivity index (χ3v) is 4.32. The molecule has 2 rings (SSSR count). The largest absolute Gasteiger partial charge is 0.431 e. The number of benzene rings is 1.